The van der Waals surface area contributed by atoms with E-state index in [2.05, 4.69) is 16.8 Å². The molecule has 1 aromatic carbocycles. The van der Waals surface area contributed by atoms with E-state index >= 15 is 0 Å². The van der Waals surface area contributed by atoms with Crippen molar-refractivity contribution in [1.29, 1.82) is 0 Å². The van der Waals surface area contributed by atoms with Crippen LogP contribution in [0.25, 0.3) is 11.4 Å². The summed E-state index contributed by atoms with van der Waals surface area (Å²) in [6.45, 7) is 4.39. The van der Waals surface area contributed by atoms with Gasteiger partial charge in [-0.3, -0.25) is 4.79 Å². The van der Waals surface area contributed by atoms with Gasteiger partial charge in [0.25, 0.3) is 5.91 Å². The number of nitrogens with two attached hydrogens (primary N) is 1. The summed E-state index contributed by atoms with van der Waals surface area (Å²) in [6, 6.07) is 2.80. The summed E-state index contributed by atoms with van der Waals surface area (Å²) in [5.74, 6) is 5.22. The molecule has 0 radical (unpaired) electrons. The number of carbonyl (C=O) groups is 1. The fourth-order valence-corrected chi connectivity index (χ4v) is 3.13. The van der Waals surface area contributed by atoms with Gasteiger partial charge in [0.2, 0.25) is 0 Å². The summed E-state index contributed by atoms with van der Waals surface area (Å²) >= 11 is 0. The Morgan fingerprint density at radius 3 is 2.89 bits per heavy atom. The first-order valence-electron chi connectivity index (χ1n) is 8.79. The van der Waals surface area contributed by atoms with Crippen molar-refractivity contribution in [2.75, 3.05) is 6.61 Å². The van der Waals surface area contributed by atoms with Gasteiger partial charge < -0.3 is 20.1 Å². The van der Waals surface area contributed by atoms with Crippen molar-refractivity contribution < 1.29 is 19.0 Å². The predicted molar refractivity (Wildman–Crippen MR) is 96.5 cm³/mol. The third-order valence-electron chi connectivity index (χ3n) is 5.54. The van der Waals surface area contributed by atoms with Crippen LogP contribution in [0.15, 0.2) is 18.3 Å². The Hall–Kier alpha value is -2.85. The molecule has 27 heavy (non-hydrogen) atoms. The Bertz CT molecular complexity index is 1010. The number of amides is 1. The Labute approximate surface area is 156 Å². The lowest BCUT2D eigenvalue weighted by atomic mass is 9.88. The molecule has 2 aromatic rings. The minimum atomic E-state index is -1.19. The standard InChI is InChI=1S/C20H20FN3O3/c1-19(5-6-19)20(2,26)4-3-12-9-13-16(10-14(12)21)27-8-7-24-11-15(17(22)25)23-18(13)24/h9-11,26H,5-8H2,1-2H3,(H2,22,25). The van der Waals surface area contributed by atoms with E-state index in [1.807, 2.05) is 6.92 Å². The van der Waals surface area contributed by atoms with Gasteiger partial charge in [-0.15, -0.1) is 0 Å². The highest BCUT2D eigenvalue weighted by Crippen LogP contribution is 2.53. The summed E-state index contributed by atoms with van der Waals surface area (Å²) in [5.41, 5.74) is 4.69. The van der Waals surface area contributed by atoms with Crippen LogP contribution in [0.1, 0.15) is 42.7 Å². The predicted octanol–water partition coefficient (Wildman–Crippen LogP) is 2.08. The number of nitrogens with zero attached hydrogens (tertiary/aromatic N) is 2. The molecule has 4 rings (SSSR count). The van der Waals surface area contributed by atoms with Crippen molar-refractivity contribution in [2.45, 2.75) is 38.8 Å². The monoisotopic (exact) mass is 369 g/mol. The van der Waals surface area contributed by atoms with Crippen LogP contribution in [0.4, 0.5) is 4.39 Å². The molecule has 1 atom stereocenters. The number of aliphatic hydroxyl groups is 1. The summed E-state index contributed by atoms with van der Waals surface area (Å²) < 4.78 is 21.9. The lowest BCUT2D eigenvalue weighted by Crippen LogP contribution is -2.32. The maximum Gasteiger partial charge on any atom is 0.268 e. The molecule has 2 heterocycles. The van der Waals surface area contributed by atoms with Crippen molar-refractivity contribution in [2.24, 2.45) is 11.1 Å². The van der Waals surface area contributed by atoms with E-state index in [0.29, 0.717) is 30.3 Å². The Kier molecular flexibility index (Phi) is 3.79. The molecule has 7 heteroatoms. The second kappa shape index (κ2) is 5.83. The van der Waals surface area contributed by atoms with Crippen LogP contribution in [0.2, 0.25) is 0 Å². The van der Waals surface area contributed by atoms with E-state index in [1.165, 1.54) is 12.1 Å². The molecule has 140 valence electrons. The number of hydrogen-bond acceptors (Lipinski definition) is 4. The molecule has 0 saturated heterocycles. The number of imidazole rings is 1. The second-order valence-corrected chi connectivity index (χ2v) is 7.57. The number of rotatable bonds is 2. The number of benzene rings is 1. The van der Waals surface area contributed by atoms with E-state index in [0.717, 1.165) is 12.8 Å². The van der Waals surface area contributed by atoms with Crippen LogP contribution in [-0.4, -0.2) is 32.8 Å². The molecule has 1 fully saturated rings. The zero-order valence-electron chi connectivity index (χ0n) is 15.2. The molecule has 6 nitrogen and oxygen atoms in total. The average molecular weight is 369 g/mol. The van der Waals surface area contributed by atoms with Gasteiger partial charge in [0.1, 0.15) is 35.3 Å². The minimum Gasteiger partial charge on any atom is -0.491 e. The minimum absolute atomic E-state index is 0.138. The summed E-state index contributed by atoms with van der Waals surface area (Å²) in [7, 11) is 0. The van der Waals surface area contributed by atoms with Crippen LogP contribution in [-0.2, 0) is 6.54 Å². The Morgan fingerprint density at radius 2 is 2.22 bits per heavy atom. The Balaban J connectivity index is 1.80. The summed E-state index contributed by atoms with van der Waals surface area (Å²) in [4.78, 5) is 15.7. The van der Waals surface area contributed by atoms with Gasteiger partial charge in [-0.25, -0.2) is 9.37 Å². The topological polar surface area (TPSA) is 90.4 Å². The number of aromatic nitrogens is 2. The molecule has 2 aliphatic rings. The highest BCUT2D eigenvalue weighted by Gasteiger charge is 2.51. The van der Waals surface area contributed by atoms with Crippen molar-refractivity contribution >= 4 is 5.91 Å². The summed E-state index contributed by atoms with van der Waals surface area (Å²) in [6.07, 6.45) is 3.34. The number of hydrogen-bond donors (Lipinski definition) is 2. The number of halogens is 1. The van der Waals surface area contributed by atoms with E-state index in [4.69, 9.17) is 10.5 Å². The lowest BCUT2D eigenvalue weighted by Gasteiger charge is -2.24. The van der Waals surface area contributed by atoms with Gasteiger partial charge >= 0.3 is 0 Å². The third kappa shape index (κ3) is 2.96. The normalized spacial score (nSPS) is 18.7. The first-order chi connectivity index (χ1) is 12.7. The van der Waals surface area contributed by atoms with E-state index in [-0.39, 0.29) is 16.7 Å². The van der Waals surface area contributed by atoms with Crippen molar-refractivity contribution in [1.82, 2.24) is 9.55 Å². The van der Waals surface area contributed by atoms with Crippen LogP contribution in [0.3, 0.4) is 0 Å². The van der Waals surface area contributed by atoms with Crippen molar-refractivity contribution in [3.05, 3.63) is 35.4 Å². The Morgan fingerprint density at radius 1 is 1.48 bits per heavy atom. The molecule has 3 N–H and O–H groups in total. The van der Waals surface area contributed by atoms with E-state index in [9.17, 15) is 14.3 Å². The van der Waals surface area contributed by atoms with Gasteiger partial charge in [0, 0.05) is 17.7 Å². The summed E-state index contributed by atoms with van der Waals surface area (Å²) in [5, 5.41) is 10.6. The van der Waals surface area contributed by atoms with Crippen molar-refractivity contribution in [3.63, 3.8) is 0 Å². The number of ether oxygens (including phenoxy) is 1. The van der Waals surface area contributed by atoms with Gasteiger partial charge in [-0.05, 0) is 25.8 Å². The fourth-order valence-electron chi connectivity index (χ4n) is 3.13. The van der Waals surface area contributed by atoms with E-state index in [1.54, 1.807) is 17.7 Å². The van der Waals surface area contributed by atoms with Crippen LogP contribution in [0, 0.1) is 23.1 Å². The third-order valence-corrected chi connectivity index (χ3v) is 5.54. The average Bonchev–Trinajstić information content (AvgIpc) is 3.26. The molecule has 1 saturated carbocycles. The zero-order chi connectivity index (χ0) is 19.4. The quantitative estimate of drug-likeness (QED) is 0.793. The number of fused-ring (bicyclic) bond motifs is 3. The first kappa shape index (κ1) is 17.6. The van der Waals surface area contributed by atoms with Crippen LogP contribution in [0.5, 0.6) is 5.75 Å². The lowest BCUT2D eigenvalue weighted by molar-refractivity contribution is 0.0503. The second-order valence-electron chi connectivity index (χ2n) is 7.57. The molecule has 1 amide bonds. The molecule has 1 aliphatic heterocycles. The van der Waals surface area contributed by atoms with Crippen molar-refractivity contribution in [3.8, 4) is 29.0 Å². The molecule has 1 aromatic heterocycles. The molecule has 1 aliphatic carbocycles. The zero-order valence-corrected chi connectivity index (χ0v) is 15.2. The van der Waals surface area contributed by atoms with E-state index < -0.39 is 17.3 Å². The molecular formula is C20H20FN3O3. The SMILES string of the molecule is CC(O)(C#Cc1cc2c(cc1F)OCCn1cc(C(N)=O)nc1-2)C1(C)CC1. The first-order valence-corrected chi connectivity index (χ1v) is 8.79. The van der Waals surface area contributed by atoms with Crippen LogP contribution >= 0.6 is 0 Å². The maximum atomic E-state index is 14.5. The highest BCUT2D eigenvalue weighted by atomic mass is 19.1. The number of primary amides is 1. The molecular weight excluding hydrogens is 349 g/mol. The molecule has 0 spiro atoms. The highest BCUT2D eigenvalue weighted by molar-refractivity contribution is 5.91. The van der Waals surface area contributed by atoms with Gasteiger partial charge in [-0.2, -0.15) is 0 Å². The van der Waals surface area contributed by atoms with Gasteiger partial charge in [0.15, 0.2) is 0 Å². The van der Waals surface area contributed by atoms with Crippen LogP contribution < -0.4 is 10.5 Å². The van der Waals surface area contributed by atoms with Gasteiger partial charge in [-0.1, -0.05) is 18.8 Å². The maximum absolute atomic E-state index is 14.5. The largest absolute Gasteiger partial charge is 0.491 e. The molecule has 0 bridgehead atoms. The van der Waals surface area contributed by atoms with Gasteiger partial charge in [0.05, 0.1) is 17.7 Å². The fraction of sp³-hybridized carbons (Fsp3) is 0.400. The molecule has 1 unspecified atom stereocenters. The smallest absolute Gasteiger partial charge is 0.268 e. The number of carbonyl (C=O) groups excluding carboxylic acids is 1.